The Hall–Kier alpha value is -2.24. The summed E-state index contributed by atoms with van der Waals surface area (Å²) in [5.74, 6) is 0.372. The molecule has 0 aliphatic carbocycles. The molecule has 0 N–H and O–H groups in total. The smallest absolute Gasteiger partial charge is 0.450 e. The van der Waals surface area contributed by atoms with Crippen LogP contribution in [0.4, 0.5) is 9.59 Å². The average Bonchev–Trinajstić information content (AvgIpc) is 2.29. The molecule has 6 heteroatoms. The van der Waals surface area contributed by atoms with Gasteiger partial charge in [-0.1, -0.05) is 28.4 Å². The van der Waals surface area contributed by atoms with Gasteiger partial charge in [-0.25, -0.2) is 9.59 Å². The lowest BCUT2D eigenvalue weighted by Crippen LogP contribution is -2.03. The Morgan fingerprint density at radius 1 is 1.12 bits per heavy atom. The summed E-state index contributed by atoms with van der Waals surface area (Å²) in [6, 6.07) is 6.91. The molecule has 6 nitrogen and oxygen atoms in total. The van der Waals surface area contributed by atoms with E-state index in [1.807, 2.05) is 6.07 Å². The number of nitrogens with zero attached hydrogens (tertiary/aromatic N) is 2. The quantitative estimate of drug-likeness (QED) is 0.684. The minimum Gasteiger partial charge on any atom is -0.450 e. The number of azo groups is 1. The van der Waals surface area contributed by atoms with E-state index >= 15 is 0 Å². The number of methoxy groups -OCH3 is 1. The Morgan fingerprint density at radius 2 is 1.75 bits per heavy atom. The monoisotopic (exact) mass is 222 g/mol. The van der Waals surface area contributed by atoms with Crippen LogP contribution in [0.3, 0.4) is 0 Å². The van der Waals surface area contributed by atoms with Crippen LogP contribution in [0.1, 0.15) is 5.56 Å². The average molecular weight is 222 g/mol. The molecule has 0 aliphatic rings. The minimum absolute atomic E-state index is 0.372. The van der Waals surface area contributed by atoms with Gasteiger partial charge in [-0.3, -0.25) is 0 Å². The molecular formula is C10H10N2O4. The molecule has 1 aromatic carbocycles. The maximum atomic E-state index is 11.1. The number of rotatable bonds is 1. The Kier molecular flexibility index (Phi) is 4.14. The highest BCUT2D eigenvalue weighted by molar-refractivity contribution is 5.74. The van der Waals surface area contributed by atoms with Crippen molar-refractivity contribution in [2.45, 2.75) is 6.92 Å². The summed E-state index contributed by atoms with van der Waals surface area (Å²) < 4.78 is 9.00. The van der Waals surface area contributed by atoms with Gasteiger partial charge in [0.1, 0.15) is 5.75 Å². The molecule has 0 fully saturated rings. The summed E-state index contributed by atoms with van der Waals surface area (Å²) in [5, 5.41) is 5.98. The largest absolute Gasteiger partial charge is 0.458 e. The van der Waals surface area contributed by atoms with E-state index in [1.165, 1.54) is 0 Å². The predicted molar refractivity (Wildman–Crippen MR) is 54.5 cm³/mol. The van der Waals surface area contributed by atoms with E-state index in [1.54, 1.807) is 25.1 Å². The van der Waals surface area contributed by atoms with Crippen molar-refractivity contribution in [1.82, 2.24) is 0 Å². The molecule has 0 bridgehead atoms. The van der Waals surface area contributed by atoms with E-state index in [0.717, 1.165) is 12.7 Å². The van der Waals surface area contributed by atoms with Crippen LogP contribution in [0.25, 0.3) is 0 Å². The molecule has 0 unspecified atom stereocenters. The molecule has 1 rings (SSSR count). The van der Waals surface area contributed by atoms with Crippen molar-refractivity contribution in [2.75, 3.05) is 7.11 Å². The van der Waals surface area contributed by atoms with Gasteiger partial charge in [-0.15, -0.1) is 0 Å². The standard InChI is InChI=1S/C10H10N2O4/c1-7-5-3-4-6-8(7)16-10(14)12-11-9(13)15-2/h3-6H,1-2H3. The van der Waals surface area contributed by atoms with Crippen molar-refractivity contribution in [3.8, 4) is 5.75 Å². The Bertz CT molecular complexity index is 429. The van der Waals surface area contributed by atoms with Crippen LogP contribution in [-0.4, -0.2) is 19.3 Å². The molecule has 0 aromatic heterocycles. The van der Waals surface area contributed by atoms with Gasteiger partial charge in [0.05, 0.1) is 7.11 Å². The van der Waals surface area contributed by atoms with Gasteiger partial charge in [0, 0.05) is 0 Å². The first-order valence-electron chi connectivity index (χ1n) is 4.40. The van der Waals surface area contributed by atoms with Crippen LogP contribution in [0, 0.1) is 6.92 Å². The third-order valence-corrected chi connectivity index (χ3v) is 1.68. The summed E-state index contributed by atoms with van der Waals surface area (Å²) in [6.45, 7) is 1.78. The molecule has 0 saturated carbocycles. The summed E-state index contributed by atoms with van der Waals surface area (Å²) in [6.07, 6.45) is -1.93. The van der Waals surface area contributed by atoms with Crippen molar-refractivity contribution >= 4 is 12.2 Å². The third kappa shape index (κ3) is 3.49. The number of para-hydroxylation sites is 1. The lowest BCUT2D eigenvalue weighted by Gasteiger charge is -2.02. The number of ether oxygens (including phenoxy) is 2. The van der Waals surface area contributed by atoms with Crippen LogP contribution in [-0.2, 0) is 4.74 Å². The van der Waals surface area contributed by atoms with Crippen molar-refractivity contribution in [3.63, 3.8) is 0 Å². The molecule has 0 radical (unpaired) electrons. The van der Waals surface area contributed by atoms with Crippen LogP contribution < -0.4 is 4.74 Å². The van der Waals surface area contributed by atoms with Gasteiger partial charge >= 0.3 is 12.2 Å². The zero-order valence-electron chi connectivity index (χ0n) is 8.84. The molecule has 2 amide bonds. The summed E-state index contributed by atoms with van der Waals surface area (Å²) in [5.41, 5.74) is 0.782. The molecule has 16 heavy (non-hydrogen) atoms. The van der Waals surface area contributed by atoms with Crippen LogP contribution in [0.2, 0.25) is 0 Å². The molecule has 0 saturated heterocycles. The van der Waals surface area contributed by atoms with Crippen LogP contribution in [0.15, 0.2) is 34.5 Å². The van der Waals surface area contributed by atoms with E-state index in [9.17, 15) is 9.59 Å². The summed E-state index contributed by atoms with van der Waals surface area (Å²) >= 11 is 0. The molecule has 1 aromatic rings. The number of aryl methyl sites for hydroxylation is 1. The molecule has 0 heterocycles. The maximum absolute atomic E-state index is 11.1. The third-order valence-electron chi connectivity index (χ3n) is 1.68. The number of hydrogen-bond donors (Lipinski definition) is 0. The number of hydrogen-bond acceptors (Lipinski definition) is 4. The number of carbonyl (C=O) groups excluding carboxylic acids is 2. The van der Waals surface area contributed by atoms with Crippen molar-refractivity contribution < 1.29 is 19.1 Å². The van der Waals surface area contributed by atoms with E-state index in [2.05, 4.69) is 15.0 Å². The van der Waals surface area contributed by atoms with Crippen molar-refractivity contribution in [3.05, 3.63) is 29.8 Å². The zero-order chi connectivity index (χ0) is 12.0. The topological polar surface area (TPSA) is 77.3 Å². The lowest BCUT2D eigenvalue weighted by atomic mass is 10.2. The second-order valence-corrected chi connectivity index (χ2v) is 2.80. The zero-order valence-corrected chi connectivity index (χ0v) is 8.84. The Balaban J connectivity index is 2.62. The lowest BCUT2D eigenvalue weighted by molar-refractivity contribution is 0.178. The molecule has 0 atom stereocenters. The number of amides is 2. The number of benzene rings is 1. The summed E-state index contributed by atoms with van der Waals surface area (Å²) in [4.78, 5) is 21.6. The first-order valence-corrected chi connectivity index (χ1v) is 4.40. The number of carbonyl (C=O) groups is 2. The SMILES string of the molecule is COC(=O)N=NC(=O)Oc1ccccc1C. The fourth-order valence-electron chi connectivity index (χ4n) is 0.908. The van der Waals surface area contributed by atoms with E-state index < -0.39 is 12.2 Å². The molecule has 84 valence electrons. The highest BCUT2D eigenvalue weighted by atomic mass is 16.6. The van der Waals surface area contributed by atoms with Crippen molar-refractivity contribution in [1.29, 1.82) is 0 Å². The second kappa shape index (κ2) is 5.59. The fourth-order valence-corrected chi connectivity index (χ4v) is 0.908. The maximum Gasteiger partial charge on any atom is 0.458 e. The van der Waals surface area contributed by atoms with Gasteiger partial charge in [-0.05, 0) is 18.6 Å². The first kappa shape index (κ1) is 11.8. The Labute approximate surface area is 91.9 Å². The molecule has 0 aliphatic heterocycles. The summed E-state index contributed by atoms with van der Waals surface area (Å²) in [7, 11) is 1.13. The second-order valence-electron chi connectivity index (χ2n) is 2.80. The van der Waals surface area contributed by atoms with Gasteiger partial charge < -0.3 is 9.47 Å². The fraction of sp³-hybridized carbons (Fsp3) is 0.200. The predicted octanol–water partition coefficient (Wildman–Crippen LogP) is 2.71. The van der Waals surface area contributed by atoms with Crippen molar-refractivity contribution in [2.24, 2.45) is 10.2 Å². The van der Waals surface area contributed by atoms with Crippen LogP contribution >= 0.6 is 0 Å². The van der Waals surface area contributed by atoms with E-state index in [0.29, 0.717) is 5.75 Å². The molecular weight excluding hydrogens is 212 g/mol. The minimum atomic E-state index is -0.972. The first-order chi connectivity index (χ1) is 7.63. The Morgan fingerprint density at radius 3 is 2.38 bits per heavy atom. The van der Waals surface area contributed by atoms with Gasteiger partial charge in [0.15, 0.2) is 0 Å². The normalized spacial score (nSPS) is 10.1. The van der Waals surface area contributed by atoms with E-state index in [4.69, 9.17) is 4.74 Å². The van der Waals surface area contributed by atoms with Gasteiger partial charge in [0.2, 0.25) is 0 Å². The van der Waals surface area contributed by atoms with E-state index in [-0.39, 0.29) is 0 Å². The van der Waals surface area contributed by atoms with Gasteiger partial charge in [-0.2, -0.15) is 0 Å². The van der Waals surface area contributed by atoms with Gasteiger partial charge in [0.25, 0.3) is 0 Å². The highest BCUT2D eigenvalue weighted by Gasteiger charge is 2.06. The van der Waals surface area contributed by atoms with Crippen LogP contribution in [0.5, 0.6) is 5.75 Å². The molecule has 0 spiro atoms. The highest BCUT2D eigenvalue weighted by Crippen LogP contribution is 2.16.